The zero-order valence-corrected chi connectivity index (χ0v) is 19.2. The number of benzene rings is 3. The van der Waals surface area contributed by atoms with E-state index in [1.165, 1.54) is 3.97 Å². The number of hydrogen-bond donors (Lipinski definition) is 0. The molecule has 0 unspecified atom stereocenters. The fraction of sp³-hybridized carbons (Fsp3) is 0.148. The Morgan fingerprint density at radius 1 is 0.970 bits per heavy atom. The lowest BCUT2D eigenvalue weighted by atomic mass is 9.81. The number of aryl methyl sites for hydroxylation is 1. The van der Waals surface area contributed by atoms with E-state index >= 15 is 0 Å². The number of hydrogen-bond acceptors (Lipinski definition) is 4. The molecule has 1 atom stereocenters. The van der Waals surface area contributed by atoms with Crippen molar-refractivity contribution in [2.24, 2.45) is 0 Å². The molecule has 4 aromatic rings. The second-order valence-electron chi connectivity index (χ2n) is 8.22. The molecule has 0 bridgehead atoms. The molecule has 5 rings (SSSR count). The number of carbonyl (C=O) groups excluding carboxylic acids is 1. The fourth-order valence-corrected chi connectivity index (χ4v) is 6.24. The molecule has 6 heteroatoms. The molecule has 0 saturated heterocycles. The molecule has 166 valence electrons. The summed E-state index contributed by atoms with van der Waals surface area (Å²) in [7, 11) is -2.26. The van der Waals surface area contributed by atoms with E-state index in [0.29, 0.717) is 29.0 Å². The van der Waals surface area contributed by atoms with E-state index < -0.39 is 10.0 Å². The molecule has 1 heterocycles. The van der Waals surface area contributed by atoms with Crippen molar-refractivity contribution in [2.75, 3.05) is 7.11 Å². The highest BCUT2D eigenvalue weighted by atomic mass is 32.2. The Morgan fingerprint density at radius 3 is 2.39 bits per heavy atom. The number of aromatic nitrogens is 1. The monoisotopic (exact) mass is 457 g/mol. The van der Waals surface area contributed by atoms with Crippen LogP contribution in [0.15, 0.2) is 83.3 Å². The van der Waals surface area contributed by atoms with Crippen LogP contribution in [0.2, 0.25) is 0 Å². The molecular weight excluding hydrogens is 434 g/mol. The summed E-state index contributed by atoms with van der Waals surface area (Å²) in [5.41, 5.74) is 4.48. The molecule has 5 nitrogen and oxygen atoms in total. The number of nitrogens with zero attached hydrogens (tertiary/aromatic N) is 1. The molecule has 0 saturated carbocycles. The van der Waals surface area contributed by atoms with Gasteiger partial charge < -0.3 is 4.74 Å². The molecule has 1 aliphatic carbocycles. The average Bonchev–Trinajstić information content (AvgIpc) is 3.17. The van der Waals surface area contributed by atoms with Gasteiger partial charge in [0.15, 0.2) is 0 Å². The van der Waals surface area contributed by atoms with Crippen LogP contribution in [0.5, 0.6) is 5.75 Å². The maximum Gasteiger partial charge on any atom is 0.268 e. The van der Waals surface area contributed by atoms with Crippen molar-refractivity contribution < 1.29 is 17.9 Å². The zero-order valence-electron chi connectivity index (χ0n) is 18.4. The number of ether oxygens (including phenoxy) is 1. The maximum absolute atomic E-state index is 13.9. The first kappa shape index (κ1) is 21.2. The van der Waals surface area contributed by atoms with Crippen LogP contribution in [-0.4, -0.2) is 25.8 Å². The first-order chi connectivity index (χ1) is 16.0. The fourth-order valence-electron chi connectivity index (χ4n) is 4.67. The summed E-state index contributed by atoms with van der Waals surface area (Å²) in [6.07, 6.45) is 3.05. The number of carbonyl (C=O) groups is 1. The lowest BCUT2D eigenvalue weighted by molar-refractivity contribution is -0.105. The number of rotatable bonds is 5. The highest BCUT2D eigenvalue weighted by Gasteiger charge is 2.33. The zero-order chi connectivity index (χ0) is 23.2. The SMILES string of the molecule is COc1ccccc1[C@H]1Cc2c(c3ccccc3n2S(=O)(=O)c2ccc(C)cc2)C=C1C=O. The largest absolute Gasteiger partial charge is 0.496 e. The van der Waals surface area contributed by atoms with Gasteiger partial charge in [0, 0.05) is 40.1 Å². The Morgan fingerprint density at radius 2 is 1.67 bits per heavy atom. The molecule has 3 aromatic carbocycles. The summed E-state index contributed by atoms with van der Waals surface area (Å²) < 4.78 is 34.7. The number of fused-ring (bicyclic) bond motifs is 3. The number of allylic oxidation sites excluding steroid dienone is 1. The third-order valence-corrected chi connectivity index (χ3v) is 8.06. The van der Waals surface area contributed by atoms with E-state index in [1.54, 1.807) is 31.4 Å². The summed E-state index contributed by atoms with van der Waals surface area (Å²) in [6.45, 7) is 1.92. The summed E-state index contributed by atoms with van der Waals surface area (Å²) in [5.74, 6) is 0.352. The summed E-state index contributed by atoms with van der Waals surface area (Å²) in [6, 6.07) is 21.8. The predicted molar refractivity (Wildman–Crippen MR) is 129 cm³/mol. The maximum atomic E-state index is 13.9. The lowest BCUT2D eigenvalue weighted by Crippen LogP contribution is -2.21. The van der Waals surface area contributed by atoms with Crippen LogP contribution in [0.3, 0.4) is 0 Å². The van der Waals surface area contributed by atoms with Gasteiger partial charge in [-0.25, -0.2) is 12.4 Å². The minimum absolute atomic E-state index is 0.232. The van der Waals surface area contributed by atoms with Gasteiger partial charge in [-0.3, -0.25) is 4.79 Å². The number of methoxy groups -OCH3 is 1. The molecule has 0 aliphatic heterocycles. The topological polar surface area (TPSA) is 65.4 Å². The van der Waals surface area contributed by atoms with Crippen LogP contribution in [0.25, 0.3) is 17.0 Å². The Hall–Kier alpha value is -3.64. The molecule has 0 amide bonds. The van der Waals surface area contributed by atoms with Crippen LogP contribution in [-0.2, 0) is 21.2 Å². The highest BCUT2D eigenvalue weighted by molar-refractivity contribution is 7.90. The van der Waals surface area contributed by atoms with E-state index in [1.807, 2.05) is 61.5 Å². The van der Waals surface area contributed by atoms with Gasteiger partial charge in [-0.1, -0.05) is 54.1 Å². The second-order valence-corrected chi connectivity index (χ2v) is 10.0. The summed E-state index contributed by atoms with van der Waals surface area (Å²) >= 11 is 0. The van der Waals surface area contributed by atoms with Crippen molar-refractivity contribution in [3.05, 3.63) is 101 Å². The molecule has 33 heavy (non-hydrogen) atoms. The van der Waals surface area contributed by atoms with Gasteiger partial charge in [-0.05, 0) is 37.3 Å². The van der Waals surface area contributed by atoms with E-state index in [9.17, 15) is 13.2 Å². The molecule has 1 aromatic heterocycles. The number of para-hydroxylation sites is 2. The third-order valence-electron chi connectivity index (χ3n) is 6.29. The average molecular weight is 458 g/mol. The second kappa shape index (κ2) is 8.05. The quantitative estimate of drug-likeness (QED) is 0.390. The molecule has 1 aliphatic rings. The van der Waals surface area contributed by atoms with Crippen LogP contribution in [0, 0.1) is 6.92 Å². The number of aldehydes is 1. The third kappa shape index (κ3) is 3.38. The normalized spacial score (nSPS) is 15.7. The van der Waals surface area contributed by atoms with Crippen LogP contribution < -0.4 is 4.74 Å². The van der Waals surface area contributed by atoms with Crippen molar-refractivity contribution >= 4 is 33.3 Å². The minimum Gasteiger partial charge on any atom is -0.496 e. The van der Waals surface area contributed by atoms with Crippen LogP contribution in [0.1, 0.15) is 28.3 Å². The van der Waals surface area contributed by atoms with Gasteiger partial charge in [0.05, 0.1) is 17.5 Å². The molecule has 0 radical (unpaired) electrons. The van der Waals surface area contributed by atoms with Crippen molar-refractivity contribution in [1.82, 2.24) is 3.97 Å². The first-order valence-electron chi connectivity index (χ1n) is 10.7. The molecule has 0 spiro atoms. The van der Waals surface area contributed by atoms with Gasteiger partial charge in [-0.2, -0.15) is 0 Å². The van der Waals surface area contributed by atoms with Crippen LogP contribution in [0.4, 0.5) is 0 Å². The van der Waals surface area contributed by atoms with Gasteiger partial charge in [0.2, 0.25) is 0 Å². The molecular formula is C27H23NO4S. The standard InChI is InChI=1S/C27H23NO4S/c1-18-11-13-20(14-12-18)33(30,31)28-25-9-5-3-7-21(25)24-15-19(17-29)23(16-26(24)28)22-8-4-6-10-27(22)32-2/h3-15,17,23H,16H2,1-2H3/t23-/m0/s1. The first-order valence-corrected chi connectivity index (χ1v) is 12.1. The molecule has 0 N–H and O–H groups in total. The van der Waals surface area contributed by atoms with Crippen LogP contribution >= 0.6 is 0 Å². The van der Waals surface area contributed by atoms with Crippen molar-refractivity contribution in [1.29, 1.82) is 0 Å². The summed E-state index contributed by atoms with van der Waals surface area (Å²) in [5, 5.41) is 0.806. The van der Waals surface area contributed by atoms with Crippen molar-refractivity contribution in [3.8, 4) is 5.75 Å². The Bertz CT molecular complexity index is 1510. The van der Waals surface area contributed by atoms with E-state index in [2.05, 4.69) is 0 Å². The van der Waals surface area contributed by atoms with Crippen molar-refractivity contribution in [2.45, 2.75) is 24.2 Å². The summed E-state index contributed by atoms with van der Waals surface area (Å²) in [4.78, 5) is 12.3. The Kier molecular flexibility index (Phi) is 5.17. The predicted octanol–water partition coefficient (Wildman–Crippen LogP) is 5.12. The van der Waals surface area contributed by atoms with E-state index in [-0.39, 0.29) is 10.8 Å². The van der Waals surface area contributed by atoms with E-state index in [0.717, 1.165) is 28.4 Å². The van der Waals surface area contributed by atoms with Gasteiger partial charge in [-0.15, -0.1) is 0 Å². The highest BCUT2D eigenvalue weighted by Crippen LogP contribution is 2.43. The van der Waals surface area contributed by atoms with Gasteiger partial charge in [0.25, 0.3) is 10.0 Å². The minimum atomic E-state index is -3.86. The van der Waals surface area contributed by atoms with Gasteiger partial charge in [0.1, 0.15) is 12.0 Å². The van der Waals surface area contributed by atoms with Gasteiger partial charge >= 0.3 is 0 Å². The Balaban J connectivity index is 1.78. The van der Waals surface area contributed by atoms with E-state index in [4.69, 9.17) is 4.74 Å². The Labute approximate surface area is 193 Å². The van der Waals surface area contributed by atoms with Crippen molar-refractivity contribution in [3.63, 3.8) is 0 Å². The smallest absolute Gasteiger partial charge is 0.268 e. The molecule has 0 fully saturated rings. The lowest BCUT2D eigenvalue weighted by Gasteiger charge is -2.25.